The maximum atomic E-state index is 12.6. The van der Waals surface area contributed by atoms with E-state index in [0.717, 1.165) is 6.42 Å². The smallest absolute Gasteiger partial charge is 0.338 e. The molecule has 0 saturated heterocycles. The van der Waals surface area contributed by atoms with Crippen LogP contribution in [0.1, 0.15) is 49.5 Å². The van der Waals surface area contributed by atoms with E-state index >= 15 is 0 Å². The number of aromatic amines is 1. The maximum Gasteiger partial charge on any atom is 0.338 e. The molecule has 0 aliphatic rings. The van der Waals surface area contributed by atoms with Gasteiger partial charge >= 0.3 is 5.97 Å². The van der Waals surface area contributed by atoms with E-state index in [1.807, 2.05) is 13.8 Å². The van der Waals surface area contributed by atoms with Gasteiger partial charge in [0, 0.05) is 0 Å². The van der Waals surface area contributed by atoms with Crippen LogP contribution in [0.15, 0.2) is 47.3 Å². The third-order valence-corrected chi connectivity index (χ3v) is 4.24. The zero-order chi connectivity index (χ0) is 20.8. The van der Waals surface area contributed by atoms with E-state index in [1.165, 1.54) is 0 Å². The monoisotopic (exact) mass is 396 g/mol. The molecule has 7 nitrogen and oxygen atoms in total. The molecule has 0 radical (unpaired) electrons. The minimum absolute atomic E-state index is 0.274. The lowest BCUT2D eigenvalue weighted by molar-refractivity contribution is 0.0319. The summed E-state index contributed by atoms with van der Waals surface area (Å²) in [5.41, 5.74) is 0.599. The van der Waals surface area contributed by atoms with Crippen LogP contribution in [0.3, 0.4) is 0 Å². The first kappa shape index (κ1) is 20.4. The molecule has 7 heteroatoms. The van der Waals surface area contributed by atoms with Crippen molar-refractivity contribution in [2.24, 2.45) is 0 Å². The molecular formula is C22H24N2O5. The standard InChI is InChI=1S/C22H24N2O5/c1-4-12-28-18-11-10-15(13-19(18)27-5-2)22(26)29-14(3)20-23-17-9-7-6-8-16(17)21(25)24-20/h6-11,13-14H,4-5,12H2,1-3H3,(H,23,24,25)/t14-/m1/s1. The summed E-state index contributed by atoms with van der Waals surface area (Å²) >= 11 is 0. The zero-order valence-corrected chi connectivity index (χ0v) is 16.7. The number of carbonyl (C=O) groups is 1. The highest BCUT2D eigenvalue weighted by molar-refractivity contribution is 5.90. The molecule has 1 atom stereocenters. The van der Waals surface area contributed by atoms with Gasteiger partial charge in [0.15, 0.2) is 23.4 Å². The Kier molecular flexibility index (Phi) is 6.49. The van der Waals surface area contributed by atoms with Gasteiger partial charge in [-0.05, 0) is 50.6 Å². The number of para-hydroxylation sites is 1. The van der Waals surface area contributed by atoms with Gasteiger partial charge in [-0.15, -0.1) is 0 Å². The molecule has 0 aliphatic heterocycles. The SMILES string of the molecule is CCCOc1ccc(C(=O)O[C@H](C)c2nc3ccccc3c(=O)[nH]2)cc1OCC. The predicted molar refractivity (Wildman–Crippen MR) is 110 cm³/mol. The third kappa shape index (κ3) is 4.74. The van der Waals surface area contributed by atoms with E-state index in [-0.39, 0.29) is 11.4 Å². The molecule has 1 N–H and O–H groups in total. The van der Waals surface area contributed by atoms with Crippen LogP contribution in [0, 0.1) is 0 Å². The number of H-pyrrole nitrogens is 1. The fourth-order valence-electron chi connectivity index (χ4n) is 2.82. The van der Waals surface area contributed by atoms with E-state index in [1.54, 1.807) is 49.4 Å². The summed E-state index contributed by atoms with van der Waals surface area (Å²) in [5, 5.41) is 0.485. The molecule has 0 unspecified atom stereocenters. The minimum atomic E-state index is -0.730. The van der Waals surface area contributed by atoms with Crippen LogP contribution in [0.4, 0.5) is 0 Å². The van der Waals surface area contributed by atoms with Crippen LogP contribution in [-0.4, -0.2) is 29.2 Å². The van der Waals surface area contributed by atoms with Crippen molar-refractivity contribution in [3.8, 4) is 11.5 Å². The van der Waals surface area contributed by atoms with E-state index < -0.39 is 12.1 Å². The summed E-state index contributed by atoms with van der Waals surface area (Å²) in [5.74, 6) is 0.811. The average molecular weight is 396 g/mol. The minimum Gasteiger partial charge on any atom is -0.490 e. The fraction of sp³-hybridized carbons (Fsp3) is 0.318. The summed E-state index contributed by atoms with van der Waals surface area (Å²) in [6, 6.07) is 11.9. The Bertz CT molecular complexity index is 1060. The molecule has 1 heterocycles. The van der Waals surface area contributed by atoms with Crippen LogP contribution in [0.25, 0.3) is 10.9 Å². The highest BCUT2D eigenvalue weighted by Gasteiger charge is 2.18. The Morgan fingerprint density at radius 1 is 1.10 bits per heavy atom. The number of nitrogens with one attached hydrogen (secondary N) is 1. The quantitative estimate of drug-likeness (QED) is 0.578. The number of esters is 1. The summed E-state index contributed by atoms with van der Waals surface area (Å²) in [4.78, 5) is 31.9. The number of ether oxygens (including phenoxy) is 3. The largest absolute Gasteiger partial charge is 0.490 e. The van der Waals surface area contributed by atoms with Crippen molar-refractivity contribution >= 4 is 16.9 Å². The molecule has 29 heavy (non-hydrogen) atoms. The second-order valence-electron chi connectivity index (χ2n) is 6.46. The van der Waals surface area contributed by atoms with Gasteiger partial charge in [0.05, 0.1) is 29.7 Å². The number of hydrogen-bond donors (Lipinski definition) is 1. The number of carbonyl (C=O) groups excluding carboxylic acids is 1. The molecule has 0 aliphatic carbocycles. The Morgan fingerprint density at radius 3 is 2.66 bits per heavy atom. The van der Waals surface area contributed by atoms with E-state index in [2.05, 4.69) is 9.97 Å². The van der Waals surface area contributed by atoms with Gasteiger partial charge in [-0.25, -0.2) is 9.78 Å². The summed E-state index contributed by atoms with van der Waals surface area (Å²) < 4.78 is 16.7. The highest BCUT2D eigenvalue weighted by Crippen LogP contribution is 2.29. The molecular weight excluding hydrogens is 372 g/mol. The highest BCUT2D eigenvalue weighted by atomic mass is 16.5. The summed E-state index contributed by atoms with van der Waals surface area (Å²) in [7, 11) is 0. The molecule has 152 valence electrons. The van der Waals surface area contributed by atoms with Gasteiger partial charge in [-0.2, -0.15) is 0 Å². The van der Waals surface area contributed by atoms with E-state index in [4.69, 9.17) is 14.2 Å². The lowest BCUT2D eigenvalue weighted by atomic mass is 10.2. The average Bonchev–Trinajstić information content (AvgIpc) is 2.73. The first-order valence-electron chi connectivity index (χ1n) is 9.63. The second kappa shape index (κ2) is 9.23. The zero-order valence-electron chi connectivity index (χ0n) is 16.7. The molecule has 0 saturated carbocycles. The van der Waals surface area contributed by atoms with Crippen LogP contribution >= 0.6 is 0 Å². The number of fused-ring (bicyclic) bond motifs is 1. The Hall–Kier alpha value is -3.35. The molecule has 3 aromatic rings. The molecule has 0 amide bonds. The van der Waals surface area contributed by atoms with Gasteiger partial charge in [0.25, 0.3) is 5.56 Å². The van der Waals surface area contributed by atoms with Crippen LogP contribution in [0.5, 0.6) is 11.5 Å². The summed E-state index contributed by atoms with van der Waals surface area (Å²) in [6.45, 7) is 6.53. The Labute approximate surface area is 168 Å². The van der Waals surface area contributed by atoms with Crippen molar-refractivity contribution in [1.29, 1.82) is 0 Å². The maximum absolute atomic E-state index is 12.6. The first-order chi connectivity index (χ1) is 14.0. The van der Waals surface area contributed by atoms with Gasteiger partial charge in [0.1, 0.15) is 0 Å². The van der Waals surface area contributed by atoms with Gasteiger partial charge in [-0.1, -0.05) is 19.1 Å². The van der Waals surface area contributed by atoms with E-state index in [0.29, 0.717) is 41.2 Å². The molecule has 0 bridgehead atoms. The second-order valence-corrected chi connectivity index (χ2v) is 6.46. The van der Waals surface area contributed by atoms with Crippen molar-refractivity contribution in [3.63, 3.8) is 0 Å². The van der Waals surface area contributed by atoms with E-state index in [9.17, 15) is 9.59 Å². The van der Waals surface area contributed by atoms with Gasteiger partial charge in [0.2, 0.25) is 0 Å². The first-order valence-corrected chi connectivity index (χ1v) is 9.63. The molecule has 2 aromatic carbocycles. The Morgan fingerprint density at radius 2 is 1.90 bits per heavy atom. The van der Waals surface area contributed by atoms with Gasteiger partial charge < -0.3 is 19.2 Å². The third-order valence-electron chi connectivity index (χ3n) is 4.24. The van der Waals surface area contributed by atoms with Crippen LogP contribution in [0.2, 0.25) is 0 Å². The van der Waals surface area contributed by atoms with Crippen molar-refractivity contribution in [1.82, 2.24) is 9.97 Å². The summed E-state index contributed by atoms with van der Waals surface area (Å²) in [6.07, 6.45) is 0.135. The van der Waals surface area contributed by atoms with Crippen molar-refractivity contribution < 1.29 is 19.0 Å². The number of aromatic nitrogens is 2. The topological polar surface area (TPSA) is 90.5 Å². The number of rotatable bonds is 8. The normalized spacial score (nSPS) is 11.8. The predicted octanol–water partition coefficient (Wildman–Crippen LogP) is 4.03. The van der Waals surface area contributed by atoms with Crippen molar-refractivity contribution in [2.75, 3.05) is 13.2 Å². The van der Waals surface area contributed by atoms with Crippen LogP contribution < -0.4 is 15.0 Å². The number of nitrogens with zero attached hydrogens (tertiary/aromatic N) is 1. The van der Waals surface area contributed by atoms with Crippen molar-refractivity contribution in [2.45, 2.75) is 33.3 Å². The number of hydrogen-bond acceptors (Lipinski definition) is 6. The van der Waals surface area contributed by atoms with Crippen molar-refractivity contribution in [3.05, 3.63) is 64.2 Å². The molecule has 0 spiro atoms. The Balaban J connectivity index is 1.80. The fourth-order valence-corrected chi connectivity index (χ4v) is 2.82. The van der Waals surface area contributed by atoms with Crippen LogP contribution in [-0.2, 0) is 4.74 Å². The van der Waals surface area contributed by atoms with Gasteiger partial charge in [-0.3, -0.25) is 4.79 Å². The lowest BCUT2D eigenvalue weighted by Gasteiger charge is -2.15. The number of benzene rings is 2. The lowest BCUT2D eigenvalue weighted by Crippen LogP contribution is -2.17. The molecule has 1 aromatic heterocycles. The molecule has 3 rings (SSSR count). The molecule has 0 fully saturated rings.